The van der Waals surface area contributed by atoms with Crippen LogP contribution in [0.5, 0.6) is 0 Å². The molecule has 0 spiro atoms. The molecule has 0 unspecified atom stereocenters. The summed E-state index contributed by atoms with van der Waals surface area (Å²) >= 11 is 0. The Kier molecular flexibility index (Phi) is 2.48. The van der Waals surface area contributed by atoms with Crippen molar-refractivity contribution in [2.45, 2.75) is 25.8 Å². The SMILES string of the molecule is C[C@H](NC(=O)C1CC1)c1cccnc1. The molecule has 1 aliphatic carbocycles. The lowest BCUT2D eigenvalue weighted by Crippen LogP contribution is -2.27. The molecule has 1 N–H and O–H groups in total. The Balaban J connectivity index is 1.95. The highest BCUT2D eigenvalue weighted by molar-refractivity contribution is 5.81. The minimum Gasteiger partial charge on any atom is -0.349 e. The topological polar surface area (TPSA) is 42.0 Å². The molecule has 74 valence electrons. The second-order valence-electron chi connectivity index (χ2n) is 3.79. The molecule has 1 heterocycles. The van der Waals surface area contributed by atoms with Gasteiger partial charge in [-0.05, 0) is 31.4 Å². The minimum absolute atomic E-state index is 0.0665. The fourth-order valence-corrected chi connectivity index (χ4v) is 1.39. The second-order valence-corrected chi connectivity index (χ2v) is 3.79. The summed E-state index contributed by atoms with van der Waals surface area (Å²) in [5.74, 6) is 0.454. The van der Waals surface area contributed by atoms with Gasteiger partial charge in [0.1, 0.15) is 0 Å². The van der Waals surface area contributed by atoms with Crippen LogP contribution in [0.15, 0.2) is 24.5 Å². The number of pyridine rings is 1. The maximum absolute atomic E-state index is 11.5. The lowest BCUT2D eigenvalue weighted by molar-refractivity contribution is -0.122. The Labute approximate surface area is 83.5 Å². The fraction of sp³-hybridized carbons (Fsp3) is 0.455. The number of carbonyl (C=O) groups is 1. The summed E-state index contributed by atoms with van der Waals surface area (Å²) in [5, 5.41) is 2.98. The van der Waals surface area contributed by atoms with Crippen LogP contribution in [0.4, 0.5) is 0 Å². The smallest absolute Gasteiger partial charge is 0.223 e. The van der Waals surface area contributed by atoms with Crippen molar-refractivity contribution in [2.75, 3.05) is 0 Å². The summed E-state index contributed by atoms with van der Waals surface area (Å²) < 4.78 is 0. The average molecular weight is 190 g/mol. The van der Waals surface area contributed by atoms with E-state index in [-0.39, 0.29) is 17.9 Å². The van der Waals surface area contributed by atoms with Crippen molar-refractivity contribution in [3.05, 3.63) is 30.1 Å². The van der Waals surface area contributed by atoms with E-state index >= 15 is 0 Å². The van der Waals surface area contributed by atoms with E-state index < -0.39 is 0 Å². The van der Waals surface area contributed by atoms with E-state index in [1.54, 1.807) is 12.4 Å². The summed E-state index contributed by atoms with van der Waals surface area (Å²) in [5.41, 5.74) is 1.06. The van der Waals surface area contributed by atoms with Crippen LogP contribution in [0.25, 0.3) is 0 Å². The van der Waals surface area contributed by atoms with Crippen molar-refractivity contribution in [1.82, 2.24) is 10.3 Å². The highest BCUT2D eigenvalue weighted by atomic mass is 16.2. The summed E-state index contributed by atoms with van der Waals surface area (Å²) in [6, 6.07) is 3.93. The molecular weight excluding hydrogens is 176 g/mol. The number of aromatic nitrogens is 1. The maximum atomic E-state index is 11.5. The van der Waals surface area contributed by atoms with Crippen LogP contribution in [-0.4, -0.2) is 10.9 Å². The van der Waals surface area contributed by atoms with E-state index in [2.05, 4.69) is 10.3 Å². The first kappa shape index (κ1) is 9.19. The van der Waals surface area contributed by atoms with Gasteiger partial charge < -0.3 is 5.32 Å². The average Bonchev–Trinajstić information content (AvgIpc) is 3.02. The summed E-state index contributed by atoms with van der Waals surface area (Å²) in [6.07, 6.45) is 5.62. The largest absolute Gasteiger partial charge is 0.349 e. The molecule has 0 radical (unpaired) electrons. The quantitative estimate of drug-likeness (QED) is 0.787. The van der Waals surface area contributed by atoms with E-state index in [1.165, 1.54) is 0 Å². The van der Waals surface area contributed by atoms with Gasteiger partial charge in [-0.1, -0.05) is 6.07 Å². The lowest BCUT2D eigenvalue weighted by atomic mass is 10.1. The van der Waals surface area contributed by atoms with Crippen LogP contribution in [0, 0.1) is 5.92 Å². The minimum atomic E-state index is 0.0665. The third-order valence-corrected chi connectivity index (χ3v) is 2.49. The molecule has 1 fully saturated rings. The van der Waals surface area contributed by atoms with Crippen LogP contribution in [-0.2, 0) is 4.79 Å². The number of carbonyl (C=O) groups excluding carboxylic acids is 1. The molecular formula is C11H14N2O. The van der Waals surface area contributed by atoms with Gasteiger partial charge in [-0.3, -0.25) is 9.78 Å². The number of nitrogens with zero attached hydrogens (tertiary/aromatic N) is 1. The summed E-state index contributed by atoms with van der Waals surface area (Å²) in [4.78, 5) is 15.5. The van der Waals surface area contributed by atoms with Gasteiger partial charge >= 0.3 is 0 Å². The van der Waals surface area contributed by atoms with Crippen molar-refractivity contribution in [3.8, 4) is 0 Å². The summed E-state index contributed by atoms with van der Waals surface area (Å²) in [7, 11) is 0. The van der Waals surface area contributed by atoms with E-state index in [0.717, 1.165) is 18.4 Å². The van der Waals surface area contributed by atoms with Crippen LogP contribution in [0.2, 0.25) is 0 Å². The van der Waals surface area contributed by atoms with Crippen molar-refractivity contribution < 1.29 is 4.79 Å². The number of hydrogen-bond acceptors (Lipinski definition) is 2. The van der Waals surface area contributed by atoms with Gasteiger partial charge in [0, 0.05) is 18.3 Å². The number of hydrogen-bond donors (Lipinski definition) is 1. The Bertz CT molecular complexity index is 319. The number of rotatable bonds is 3. The standard InChI is InChI=1S/C11H14N2O/c1-8(10-3-2-6-12-7-10)13-11(14)9-4-5-9/h2-3,6-9H,4-5H2,1H3,(H,13,14)/t8-/m0/s1. The highest BCUT2D eigenvalue weighted by Crippen LogP contribution is 2.29. The van der Waals surface area contributed by atoms with Gasteiger partial charge in [0.25, 0.3) is 0 Å². The predicted octanol–water partition coefficient (Wildman–Crippen LogP) is 1.67. The van der Waals surface area contributed by atoms with Gasteiger partial charge in [0.15, 0.2) is 0 Å². The Morgan fingerprint density at radius 1 is 1.64 bits per heavy atom. The molecule has 0 aliphatic heterocycles. The molecule has 3 nitrogen and oxygen atoms in total. The van der Waals surface area contributed by atoms with E-state index in [0.29, 0.717) is 0 Å². The van der Waals surface area contributed by atoms with Gasteiger partial charge in [-0.15, -0.1) is 0 Å². The Hall–Kier alpha value is -1.38. The van der Waals surface area contributed by atoms with Crippen LogP contribution < -0.4 is 5.32 Å². The third kappa shape index (κ3) is 2.10. The van der Waals surface area contributed by atoms with Crippen molar-refractivity contribution in [3.63, 3.8) is 0 Å². The maximum Gasteiger partial charge on any atom is 0.223 e. The molecule has 0 bridgehead atoms. The Morgan fingerprint density at radius 2 is 2.43 bits per heavy atom. The normalized spacial score (nSPS) is 17.5. The third-order valence-electron chi connectivity index (χ3n) is 2.49. The van der Waals surface area contributed by atoms with Crippen molar-refractivity contribution >= 4 is 5.91 Å². The molecule has 1 aliphatic rings. The zero-order valence-corrected chi connectivity index (χ0v) is 8.23. The van der Waals surface area contributed by atoms with Gasteiger partial charge in [-0.2, -0.15) is 0 Å². The molecule has 1 aromatic heterocycles. The zero-order chi connectivity index (χ0) is 9.97. The molecule has 0 saturated heterocycles. The zero-order valence-electron chi connectivity index (χ0n) is 8.23. The Morgan fingerprint density at radius 3 is 3.00 bits per heavy atom. The first-order valence-corrected chi connectivity index (χ1v) is 4.97. The molecule has 1 amide bonds. The number of nitrogens with one attached hydrogen (secondary N) is 1. The molecule has 1 saturated carbocycles. The van der Waals surface area contributed by atoms with Crippen molar-refractivity contribution in [2.24, 2.45) is 5.92 Å². The fourth-order valence-electron chi connectivity index (χ4n) is 1.39. The monoisotopic (exact) mass is 190 g/mol. The van der Waals surface area contributed by atoms with Crippen LogP contribution in [0.1, 0.15) is 31.4 Å². The predicted molar refractivity (Wildman–Crippen MR) is 53.5 cm³/mol. The molecule has 3 heteroatoms. The van der Waals surface area contributed by atoms with Crippen LogP contribution >= 0.6 is 0 Å². The first-order valence-electron chi connectivity index (χ1n) is 4.97. The lowest BCUT2D eigenvalue weighted by Gasteiger charge is -2.13. The molecule has 1 aromatic rings. The van der Waals surface area contributed by atoms with Crippen molar-refractivity contribution in [1.29, 1.82) is 0 Å². The second kappa shape index (κ2) is 3.78. The van der Waals surface area contributed by atoms with Gasteiger partial charge in [-0.25, -0.2) is 0 Å². The highest BCUT2D eigenvalue weighted by Gasteiger charge is 2.30. The molecule has 0 aromatic carbocycles. The summed E-state index contributed by atoms with van der Waals surface area (Å²) in [6.45, 7) is 1.98. The first-order chi connectivity index (χ1) is 6.77. The molecule has 1 atom stereocenters. The van der Waals surface area contributed by atoms with E-state index in [9.17, 15) is 4.79 Å². The number of amides is 1. The van der Waals surface area contributed by atoms with Gasteiger partial charge in [0.05, 0.1) is 6.04 Å². The van der Waals surface area contributed by atoms with Crippen LogP contribution in [0.3, 0.4) is 0 Å². The van der Waals surface area contributed by atoms with E-state index in [1.807, 2.05) is 19.1 Å². The molecule has 14 heavy (non-hydrogen) atoms. The van der Waals surface area contributed by atoms with E-state index in [4.69, 9.17) is 0 Å². The van der Waals surface area contributed by atoms with Gasteiger partial charge in [0.2, 0.25) is 5.91 Å². The molecule has 2 rings (SSSR count).